The van der Waals surface area contributed by atoms with Crippen molar-refractivity contribution in [2.45, 2.75) is 39.7 Å². The molecular weight excluding hydrogens is 232 g/mol. The van der Waals surface area contributed by atoms with Gasteiger partial charge in [0.05, 0.1) is 5.56 Å². The molecule has 1 rings (SSSR count). The van der Waals surface area contributed by atoms with E-state index in [9.17, 15) is 9.59 Å². The van der Waals surface area contributed by atoms with E-state index in [4.69, 9.17) is 10.2 Å². The number of carbonyl (C=O) groups excluding carboxylic acids is 2. The van der Waals surface area contributed by atoms with Gasteiger partial charge in [0.1, 0.15) is 17.6 Å². The van der Waals surface area contributed by atoms with Crippen LogP contribution in [0, 0.1) is 12.8 Å². The summed E-state index contributed by atoms with van der Waals surface area (Å²) in [5.41, 5.74) is 4.81. The molecule has 0 bridgehead atoms. The predicted molar refractivity (Wildman–Crippen MR) is 68.0 cm³/mol. The third-order valence-electron chi connectivity index (χ3n) is 3.31. The normalized spacial score (nSPS) is 14.3. The Labute approximate surface area is 107 Å². The zero-order valence-corrected chi connectivity index (χ0v) is 11.2. The largest absolute Gasteiger partial charge is 0.469 e. The van der Waals surface area contributed by atoms with Gasteiger partial charge in [-0.25, -0.2) is 0 Å². The smallest absolute Gasteiger partial charge is 0.255 e. The minimum Gasteiger partial charge on any atom is -0.469 e. The maximum atomic E-state index is 12.1. The average molecular weight is 252 g/mol. The highest BCUT2D eigenvalue weighted by Gasteiger charge is 2.39. The summed E-state index contributed by atoms with van der Waals surface area (Å²) in [5, 5.41) is 2.74. The highest BCUT2D eigenvalue weighted by atomic mass is 16.3. The van der Waals surface area contributed by atoms with Crippen LogP contribution in [0.1, 0.15) is 43.3 Å². The predicted octanol–water partition coefficient (Wildman–Crippen LogP) is 1.61. The number of rotatable bonds is 5. The third-order valence-corrected chi connectivity index (χ3v) is 3.31. The lowest BCUT2D eigenvalue weighted by Crippen LogP contribution is -2.60. The van der Waals surface area contributed by atoms with Crippen LogP contribution in [0.15, 0.2) is 16.7 Å². The summed E-state index contributed by atoms with van der Waals surface area (Å²) in [6, 6.07) is 1.62. The van der Waals surface area contributed by atoms with Crippen LogP contribution in [0.3, 0.4) is 0 Å². The number of primary amides is 1. The highest BCUT2D eigenvalue weighted by molar-refractivity contribution is 5.98. The molecule has 0 aliphatic rings. The van der Waals surface area contributed by atoms with Crippen LogP contribution in [0.25, 0.3) is 0 Å². The number of nitrogens with two attached hydrogens (primary N) is 1. The van der Waals surface area contributed by atoms with Crippen LogP contribution < -0.4 is 11.1 Å². The molecule has 0 spiro atoms. The molecule has 1 heterocycles. The lowest BCUT2D eigenvalue weighted by molar-refractivity contribution is -0.126. The molecule has 2 amide bonds. The Morgan fingerprint density at radius 2 is 2.11 bits per heavy atom. The minimum absolute atomic E-state index is 0.0862. The summed E-state index contributed by atoms with van der Waals surface area (Å²) >= 11 is 0. The number of carbonyl (C=O) groups is 2. The highest BCUT2D eigenvalue weighted by Crippen LogP contribution is 2.22. The molecule has 3 N–H and O–H groups in total. The topological polar surface area (TPSA) is 85.3 Å². The van der Waals surface area contributed by atoms with Crippen molar-refractivity contribution in [2.75, 3.05) is 0 Å². The monoisotopic (exact) mass is 252 g/mol. The molecule has 0 radical (unpaired) electrons. The van der Waals surface area contributed by atoms with Crippen molar-refractivity contribution in [2.24, 2.45) is 11.7 Å². The fraction of sp³-hybridized carbons (Fsp3) is 0.538. The van der Waals surface area contributed by atoms with Gasteiger partial charge in [0.2, 0.25) is 5.91 Å². The molecule has 0 saturated heterocycles. The Hall–Kier alpha value is -1.78. The first kappa shape index (κ1) is 14.3. The second kappa shape index (κ2) is 5.25. The minimum atomic E-state index is -1.03. The Morgan fingerprint density at radius 3 is 2.44 bits per heavy atom. The van der Waals surface area contributed by atoms with E-state index in [0.29, 0.717) is 17.7 Å². The number of amides is 2. The van der Waals surface area contributed by atoms with Crippen molar-refractivity contribution in [1.82, 2.24) is 5.32 Å². The van der Waals surface area contributed by atoms with Gasteiger partial charge in [-0.2, -0.15) is 0 Å². The molecule has 0 aliphatic heterocycles. The van der Waals surface area contributed by atoms with Gasteiger partial charge < -0.3 is 15.5 Å². The molecule has 0 fully saturated rings. The fourth-order valence-electron chi connectivity index (χ4n) is 2.00. The SMILES string of the molecule is CCC(NC(=O)c1coc(C)c1)(C(N)=O)C(C)C. The zero-order chi connectivity index (χ0) is 13.9. The number of furan rings is 1. The second-order valence-corrected chi connectivity index (χ2v) is 4.74. The van der Waals surface area contributed by atoms with Gasteiger partial charge in [-0.05, 0) is 25.3 Å². The molecule has 5 nitrogen and oxygen atoms in total. The van der Waals surface area contributed by atoms with E-state index in [2.05, 4.69) is 5.32 Å². The Morgan fingerprint density at radius 1 is 1.50 bits per heavy atom. The van der Waals surface area contributed by atoms with Crippen molar-refractivity contribution in [3.8, 4) is 0 Å². The number of nitrogens with one attached hydrogen (secondary N) is 1. The molecule has 100 valence electrons. The van der Waals surface area contributed by atoms with Crippen LogP contribution in [-0.4, -0.2) is 17.4 Å². The van der Waals surface area contributed by atoms with E-state index in [1.165, 1.54) is 6.26 Å². The first-order valence-corrected chi connectivity index (χ1v) is 6.01. The van der Waals surface area contributed by atoms with Crippen molar-refractivity contribution in [1.29, 1.82) is 0 Å². The first-order chi connectivity index (χ1) is 8.33. The van der Waals surface area contributed by atoms with E-state index in [0.717, 1.165) is 0 Å². The van der Waals surface area contributed by atoms with Gasteiger partial charge in [0, 0.05) is 0 Å². The lowest BCUT2D eigenvalue weighted by atomic mass is 9.83. The molecule has 1 unspecified atom stereocenters. The van der Waals surface area contributed by atoms with Gasteiger partial charge >= 0.3 is 0 Å². The summed E-state index contributed by atoms with van der Waals surface area (Å²) in [6.07, 6.45) is 1.81. The molecule has 1 atom stereocenters. The van der Waals surface area contributed by atoms with Gasteiger partial charge in [-0.15, -0.1) is 0 Å². The summed E-state index contributed by atoms with van der Waals surface area (Å²) in [5.74, 6) is -0.308. The Balaban J connectivity index is 2.98. The summed E-state index contributed by atoms with van der Waals surface area (Å²) < 4.78 is 5.08. The van der Waals surface area contributed by atoms with E-state index in [1.54, 1.807) is 13.0 Å². The van der Waals surface area contributed by atoms with Gasteiger partial charge in [0.15, 0.2) is 0 Å². The number of aryl methyl sites for hydroxylation is 1. The van der Waals surface area contributed by atoms with Crippen LogP contribution in [0.5, 0.6) is 0 Å². The number of hydrogen-bond donors (Lipinski definition) is 2. The van der Waals surface area contributed by atoms with Crippen LogP contribution in [0.2, 0.25) is 0 Å². The van der Waals surface area contributed by atoms with Crippen LogP contribution in [-0.2, 0) is 4.79 Å². The summed E-state index contributed by atoms with van der Waals surface area (Å²) in [7, 11) is 0. The van der Waals surface area contributed by atoms with Gasteiger partial charge in [-0.3, -0.25) is 9.59 Å². The Bertz CT molecular complexity index is 451. The Kier molecular flexibility index (Phi) is 4.16. The molecule has 0 aliphatic carbocycles. The first-order valence-electron chi connectivity index (χ1n) is 6.01. The molecule has 1 aromatic rings. The molecule has 0 aromatic carbocycles. The maximum Gasteiger partial charge on any atom is 0.255 e. The van der Waals surface area contributed by atoms with E-state index in [-0.39, 0.29) is 11.8 Å². The van der Waals surface area contributed by atoms with Crippen molar-refractivity contribution < 1.29 is 14.0 Å². The van der Waals surface area contributed by atoms with Crippen molar-refractivity contribution in [3.05, 3.63) is 23.7 Å². The lowest BCUT2D eigenvalue weighted by Gasteiger charge is -2.34. The average Bonchev–Trinajstić information content (AvgIpc) is 2.71. The number of hydrogen-bond acceptors (Lipinski definition) is 3. The fourth-order valence-corrected chi connectivity index (χ4v) is 2.00. The van der Waals surface area contributed by atoms with Crippen molar-refractivity contribution in [3.63, 3.8) is 0 Å². The second-order valence-electron chi connectivity index (χ2n) is 4.74. The molecular formula is C13H20N2O3. The molecule has 18 heavy (non-hydrogen) atoms. The molecule has 1 aromatic heterocycles. The van der Waals surface area contributed by atoms with Gasteiger partial charge in [-0.1, -0.05) is 20.8 Å². The van der Waals surface area contributed by atoms with Crippen LogP contribution in [0.4, 0.5) is 0 Å². The summed E-state index contributed by atoms with van der Waals surface area (Å²) in [6.45, 7) is 7.29. The standard InChI is InChI=1S/C13H20N2O3/c1-5-13(8(2)3,12(14)17)15-11(16)10-6-9(4)18-7-10/h6-8H,5H2,1-4H3,(H2,14,17)(H,15,16). The van der Waals surface area contributed by atoms with E-state index >= 15 is 0 Å². The van der Waals surface area contributed by atoms with Gasteiger partial charge in [0.25, 0.3) is 5.91 Å². The van der Waals surface area contributed by atoms with Crippen molar-refractivity contribution >= 4 is 11.8 Å². The molecule has 5 heteroatoms. The quantitative estimate of drug-likeness (QED) is 0.834. The third kappa shape index (κ3) is 2.55. The van der Waals surface area contributed by atoms with E-state index in [1.807, 2.05) is 20.8 Å². The van der Waals surface area contributed by atoms with Crippen LogP contribution >= 0.6 is 0 Å². The maximum absolute atomic E-state index is 12.1. The van der Waals surface area contributed by atoms with E-state index < -0.39 is 11.4 Å². The summed E-state index contributed by atoms with van der Waals surface area (Å²) in [4.78, 5) is 23.7. The molecule has 0 saturated carbocycles. The zero-order valence-electron chi connectivity index (χ0n) is 11.2.